The molecule has 0 radical (unpaired) electrons. The first-order valence-corrected chi connectivity index (χ1v) is 8.75. The summed E-state index contributed by atoms with van der Waals surface area (Å²) in [5.41, 5.74) is 0.659. The summed E-state index contributed by atoms with van der Waals surface area (Å²) in [4.78, 5) is 0. The van der Waals surface area contributed by atoms with Crippen molar-refractivity contribution in [1.29, 1.82) is 0 Å². The first-order chi connectivity index (χ1) is 8.40. The Labute approximate surface area is 132 Å². The Balaban J connectivity index is 2.69. The molecule has 0 bridgehead atoms. The third-order valence-electron chi connectivity index (χ3n) is 6.51. The Morgan fingerprint density at radius 3 is 1.47 bits per heavy atom. The zero-order valence-electron chi connectivity index (χ0n) is 14.0. The fraction of sp³-hybridized carbons (Fsp3) is 1.00. The molecule has 0 aromatic heterocycles. The monoisotopic (exact) mass is 302 g/mol. The largest absolute Gasteiger partial charge is 0.162 e. The van der Waals surface area contributed by atoms with Gasteiger partial charge < -0.3 is 0 Å². The van der Waals surface area contributed by atoms with Crippen LogP contribution in [-0.2, 0) is 0 Å². The van der Waals surface area contributed by atoms with E-state index in [9.17, 15) is 0 Å². The fourth-order valence-electron chi connectivity index (χ4n) is 3.42. The van der Waals surface area contributed by atoms with Crippen LogP contribution in [0.5, 0.6) is 0 Å². The lowest BCUT2D eigenvalue weighted by Gasteiger charge is -2.49. The summed E-state index contributed by atoms with van der Waals surface area (Å²) in [7, 11) is 0. The highest BCUT2D eigenvalue weighted by atomic mass is 32.2. The number of thiol groups is 2. The summed E-state index contributed by atoms with van der Waals surface area (Å²) < 4.78 is -0.196. The molecule has 0 saturated heterocycles. The molecule has 0 N–H and O–H groups in total. The highest BCUT2D eigenvalue weighted by molar-refractivity contribution is 8.00. The van der Waals surface area contributed by atoms with Gasteiger partial charge >= 0.3 is 0 Å². The van der Waals surface area contributed by atoms with E-state index in [2.05, 4.69) is 48.5 Å². The van der Waals surface area contributed by atoms with E-state index >= 15 is 0 Å². The molecule has 1 aliphatic carbocycles. The zero-order valence-corrected chi connectivity index (χ0v) is 15.7. The van der Waals surface area contributed by atoms with E-state index < -0.39 is 0 Å². The molecule has 0 aromatic carbocycles. The van der Waals surface area contributed by atoms with Crippen LogP contribution in [0.3, 0.4) is 0 Å². The van der Waals surface area contributed by atoms with Gasteiger partial charge in [-0.25, -0.2) is 0 Å². The lowest BCUT2D eigenvalue weighted by molar-refractivity contribution is 0.0502. The Morgan fingerprint density at radius 2 is 1.16 bits per heavy atom. The molecule has 0 aliphatic heterocycles. The molecule has 1 fully saturated rings. The normalized spacial score (nSPS) is 26.8. The first kappa shape index (κ1) is 17.8. The summed E-state index contributed by atoms with van der Waals surface area (Å²) in [6.45, 7) is 16.5. The number of hydrogen-bond acceptors (Lipinski definition) is 2. The molecule has 0 amide bonds. The Hall–Kier alpha value is 0.700. The van der Waals surface area contributed by atoms with Gasteiger partial charge in [-0.2, -0.15) is 25.3 Å². The van der Waals surface area contributed by atoms with E-state index in [1.54, 1.807) is 0 Å². The van der Waals surface area contributed by atoms with Gasteiger partial charge in [0.25, 0.3) is 0 Å². The van der Waals surface area contributed by atoms with E-state index in [0.717, 1.165) is 17.8 Å². The lowest BCUT2D eigenvalue weighted by atomic mass is 9.60. The minimum Gasteiger partial charge on any atom is -0.162 e. The van der Waals surface area contributed by atoms with Crippen LogP contribution in [0.4, 0.5) is 0 Å². The van der Waals surface area contributed by atoms with Crippen LogP contribution >= 0.6 is 25.3 Å². The zero-order chi connectivity index (χ0) is 15.1. The molecule has 0 spiro atoms. The molecule has 0 atom stereocenters. The molecule has 0 unspecified atom stereocenters. The van der Waals surface area contributed by atoms with Gasteiger partial charge in [-0.15, -0.1) is 0 Å². The van der Waals surface area contributed by atoms with Crippen LogP contribution in [0.1, 0.15) is 74.1 Å². The molecular weight excluding hydrogens is 268 g/mol. The minimum absolute atomic E-state index is 0.187. The third-order valence-corrected chi connectivity index (χ3v) is 7.66. The van der Waals surface area contributed by atoms with Gasteiger partial charge in [0.2, 0.25) is 0 Å². The maximum absolute atomic E-state index is 4.72. The van der Waals surface area contributed by atoms with E-state index in [4.69, 9.17) is 25.3 Å². The van der Waals surface area contributed by atoms with Gasteiger partial charge in [-0.05, 0) is 61.2 Å². The van der Waals surface area contributed by atoms with Crippen molar-refractivity contribution < 1.29 is 0 Å². The molecule has 1 saturated carbocycles. The molecule has 114 valence electrons. The highest BCUT2D eigenvalue weighted by Crippen LogP contribution is 2.53. The standard InChI is InChI=1S/C17H34S2/c1-12(2)15(3,4)13-8-10-14(11-9-13)16(5,6)17(7,18)19/h12-14,18-19H,8-11H2,1-7H3. The smallest absolute Gasteiger partial charge is 0.0577 e. The van der Waals surface area contributed by atoms with E-state index in [0.29, 0.717) is 5.41 Å². The summed E-state index contributed by atoms with van der Waals surface area (Å²) in [6.07, 6.45) is 5.42. The Kier molecular flexibility index (Phi) is 5.45. The summed E-state index contributed by atoms with van der Waals surface area (Å²) in [5.74, 6) is 2.40. The van der Waals surface area contributed by atoms with E-state index in [1.807, 2.05) is 0 Å². The van der Waals surface area contributed by atoms with Crippen molar-refractivity contribution in [3.8, 4) is 0 Å². The predicted octanol–water partition coefficient (Wildman–Crippen LogP) is 6.08. The van der Waals surface area contributed by atoms with Crippen LogP contribution in [0.25, 0.3) is 0 Å². The van der Waals surface area contributed by atoms with Crippen molar-refractivity contribution in [3.05, 3.63) is 0 Å². The number of rotatable bonds is 4. The maximum atomic E-state index is 4.72. The third kappa shape index (κ3) is 3.67. The van der Waals surface area contributed by atoms with E-state index in [1.165, 1.54) is 25.7 Å². The predicted molar refractivity (Wildman–Crippen MR) is 94.2 cm³/mol. The second kappa shape index (κ2) is 5.83. The molecule has 0 heterocycles. The van der Waals surface area contributed by atoms with Crippen LogP contribution in [0.15, 0.2) is 0 Å². The molecular formula is C17H34S2. The highest BCUT2D eigenvalue weighted by Gasteiger charge is 2.44. The Morgan fingerprint density at radius 1 is 0.789 bits per heavy atom. The number of hydrogen-bond donors (Lipinski definition) is 2. The summed E-state index contributed by atoms with van der Waals surface area (Å²) in [6, 6.07) is 0. The van der Waals surface area contributed by atoms with Crippen molar-refractivity contribution in [2.24, 2.45) is 28.6 Å². The molecule has 19 heavy (non-hydrogen) atoms. The van der Waals surface area contributed by atoms with Crippen molar-refractivity contribution in [1.82, 2.24) is 0 Å². The second-order valence-electron chi connectivity index (χ2n) is 8.27. The van der Waals surface area contributed by atoms with Gasteiger partial charge in [0.15, 0.2) is 0 Å². The van der Waals surface area contributed by atoms with Crippen LogP contribution in [0.2, 0.25) is 0 Å². The minimum atomic E-state index is -0.196. The Bertz CT molecular complexity index is 289. The van der Waals surface area contributed by atoms with Gasteiger partial charge in [0.05, 0.1) is 4.08 Å². The van der Waals surface area contributed by atoms with E-state index in [-0.39, 0.29) is 9.49 Å². The fourth-order valence-corrected chi connectivity index (χ4v) is 3.78. The molecule has 2 heteroatoms. The molecule has 1 rings (SSSR count). The second-order valence-corrected chi connectivity index (χ2v) is 10.4. The average molecular weight is 303 g/mol. The van der Waals surface area contributed by atoms with Gasteiger partial charge in [0, 0.05) is 0 Å². The van der Waals surface area contributed by atoms with Crippen molar-refractivity contribution in [3.63, 3.8) is 0 Å². The van der Waals surface area contributed by atoms with Gasteiger partial charge in [-0.3, -0.25) is 0 Å². The lowest BCUT2D eigenvalue weighted by Crippen LogP contribution is -2.42. The van der Waals surface area contributed by atoms with Gasteiger partial charge in [-0.1, -0.05) is 41.5 Å². The topological polar surface area (TPSA) is 0 Å². The summed E-state index contributed by atoms with van der Waals surface area (Å²) >= 11 is 9.44. The van der Waals surface area contributed by atoms with Crippen molar-refractivity contribution in [2.45, 2.75) is 78.2 Å². The SMILES string of the molecule is CC(C)C(C)(C)C1CCC(C(C)(C)C(C)(S)S)CC1. The molecule has 1 aliphatic rings. The molecule has 0 nitrogen and oxygen atoms in total. The quantitative estimate of drug-likeness (QED) is 0.456. The van der Waals surface area contributed by atoms with Crippen LogP contribution < -0.4 is 0 Å². The maximum Gasteiger partial charge on any atom is 0.0577 e. The van der Waals surface area contributed by atoms with Crippen LogP contribution in [-0.4, -0.2) is 4.08 Å². The first-order valence-electron chi connectivity index (χ1n) is 7.85. The summed E-state index contributed by atoms with van der Waals surface area (Å²) in [5, 5.41) is 0. The molecule has 0 aromatic rings. The van der Waals surface area contributed by atoms with Crippen molar-refractivity contribution in [2.75, 3.05) is 0 Å². The van der Waals surface area contributed by atoms with Gasteiger partial charge in [0.1, 0.15) is 0 Å². The van der Waals surface area contributed by atoms with Crippen molar-refractivity contribution >= 4 is 25.3 Å². The average Bonchev–Trinajstić information content (AvgIpc) is 2.27. The van der Waals surface area contributed by atoms with Crippen LogP contribution in [0, 0.1) is 28.6 Å².